The highest BCUT2D eigenvalue weighted by atomic mass is 19.4. The first-order valence-corrected chi connectivity index (χ1v) is 5.23. The summed E-state index contributed by atoms with van der Waals surface area (Å²) in [5.41, 5.74) is 0.600. The van der Waals surface area contributed by atoms with E-state index in [9.17, 15) is 13.2 Å². The SMILES string of the molecule is N=C(OCc1ccc2ccccc2c1)C(F)(F)F. The number of alkyl halides is 3. The predicted molar refractivity (Wildman–Crippen MR) is 62.5 cm³/mol. The number of hydrogen-bond donors (Lipinski definition) is 1. The van der Waals surface area contributed by atoms with Crippen LogP contribution in [0.1, 0.15) is 5.56 Å². The molecular formula is C13H10F3NO. The molecule has 0 radical (unpaired) electrons. The molecule has 2 nitrogen and oxygen atoms in total. The standard InChI is InChI=1S/C13H10F3NO/c14-13(15,16)12(17)18-8-9-5-6-10-3-1-2-4-11(10)7-9/h1-7,17H,8H2. The molecule has 0 saturated heterocycles. The molecule has 5 heteroatoms. The van der Waals surface area contributed by atoms with Gasteiger partial charge in [-0.1, -0.05) is 36.4 Å². The monoisotopic (exact) mass is 253 g/mol. The highest BCUT2D eigenvalue weighted by molar-refractivity contribution is 5.83. The molecule has 0 heterocycles. The Hall–Kier alpha value is -2.04. The Labute approximate surface area is 102 Å². The summed E-state index contributed by atoms with van der Waals surface area (Å²) in [7, 11) is 0. The van der Waals surface area contributed by atoms with Crippen LogP contribution >= 0.6 is 0 Å². The third kappa shape index (κ3) is 2.80. The third-order valence-electron chi connectivity index (χ3n) is 2.45. The second-order valence-corrected chi connectivity index (χ2v) is 3.80. The fourth-order valence-corrected chi connectivity index (χ4v) is 1.57. The predicted octanol–water partition coefficient (Wildman–Crippen LogP) is 3.90. The molecule has 1 N–H and O–H groups in total. The van der Waals surface area contributed by atoms with Gasteiger partial charge in [0.15, 0.2) is 0 Å². The summed E-state index contributed by atoms with van der Waals surface area (Å²) in [6.07, 6.45) is -4.73. The average Bonchev–Trinajstić information content (AvgIpc) is 2.34. The first kappa shape index (κ1) is 12.4. The molecule has 2 rings (SSSR count). The Morgan fingerprint density at radius 2 is 1.72 bits per heavy atom. The van der Waals surface area contributed by atoms with Gasteiger partial charge in [0.25, 0.3) is 5.90 Å². The molecule has 0 spiro atoms. The first-order valence-electron chi connectivity index (χ1n) is 5.23. The van der Waals surface area contributed by atoms with Gasteiger partial charge in [0, 0.05) is 0 Å². The van der Waals surface area contributed by atoms with Gasteiger partial charge in [-0.3, -0.25) is 5.41 Å². The van der Waals surface area contributed by atoms with Crippen LogP contribution in [0.25, 0.3) is 10.8 Å². The molecule has 94 valence electrons. The lowest BCUT2D eigenvalue weighted by molar-refractivity contribution is -0.0803. The van der Waals surface area contributed by atoms with Crippen molar-refractivity contribution >= 4 is 16.7 Å². The normalized spacial score (nSPS) is 11.5. The molecule has 2 aromatic carbocycles. The van der Waals surface area contributed by atoms with Gasteiger partial charge < -0.3 is 4.74 Å². The van der Waals surface area contributed by atoms with E-state index in [1.54, 1.807) is 12.1 Å². The summed E-state index contributed by atoms with van der Waals surface area (Å²) in [6.45, 7) is -0.261. The van der Waals surface area contributed by atoms with Crippen LogP contribution in [0.3, 0.4) is 0 Å². The molecule has 0 aromatic heterocycles. The van der Waals surface area contributed by atoms with E-state index in [0.717, 1.165) is 10.8 Å². The Bertz CT molecular complexity index is 578. The number of ether oxygens (including phenoxy) is 1. The molecule has 0 fully saturated rings. The summed E-state index contributed by atoms with van der Waals surface area (Å²) in [6, 6.07) is 12.8. The van der Waals surface area contributed by atoms with Crippen LogP contribution in [0, 0.1) is 5.41 Å². The Morgan fingerprint density at radius 1 is 1.06 bits per heavy atom. The van der Waals surface area contributed by atoms with Gasteiger partial charge in [0.05, 0.1) is 0 Å². The number of fused-ring (bicyclic) bond motifs is 1. The van der Waals surface area contributed by atoms with Gasteiger partial charge in [-0.25, -0.2) is 0 Å². The van der Waals surface area contributed by atoms with E-state index in [4.69, 9.17) is 5.41 Å². The van der Waals surface area contributed by atoms with E-state index in [1.807, 2.05) is 30.3 Å². The van der Waals surface area contributed by atoms with Crippen LogP contribution in [-0.4, -0.2) is 12.1 Å². The second kappa shape index (κ2) is 4.68. The van der Waals surface area contributed by atoms with Gasteiger partial charge in [-0.05, 0) is 22.4 Å². The molecule has 0 aliphatic heterocycles. The lowest BCUT2D eigenvalue weighted by atomic mass is 10.1. The molecule has 0 saturated carbocycles. The summed E-state index contributed by atoms with van der Waals surface area (Å²) >= 11 is 0. The zero-order chi connectivity index (χ0) is 13.2. The summed E-state index contributed by atoms with van der Waals surface area (Å²) in [5, 5.41) is 8.64. The lowest BCUT2D eigenvalue weighted by Crippen LogP contribution is -2.24. The number of nitrogens with one attached hydrogen (secondary N) is 1. The molecule has 2 aromatic rings. The number of hydrogen-bond acceptors (Lipinski definition) is 2. The molecule has 0 aliphatic carbocycles. The van der Waals surface area contributed by atoms with Crippen molar-refractivity contribution in [3.63, 3.8) is 0 Å². The van der Waals surface area contributed by atoms with E-state index in [1.165, 1.54) is 0 Å². The molecular weight excluding hydrogens is 243 g/mol. The van der Waals surface area contributed by atoms with Crippen LogP contribution in [0.15, 0.2) is 42.5 Å². The molecule has 0 unspecified atom stereocenters. The molecule has 18 heavy (non-hydrogen) atoms. The summed E-state index contributed by atoms with van der Waals surface area (Å²) < 4.78 is 40.6. The highest BCUT2D eigenvalue weighted by Gasteiger charge is 2.36. The third-order valence-corrected chi connectivity index (χ3v) is 2.45. The second-order valence-electron chi connectivity index (χ2n) is 3.80. The Morgan fingerprint density at radius 3 is 2.39 bits per heavy atom. The smallest absolute Gasteiger partial charge is 0.467 e. The van der Waals surface area contributed by atoms with Crippen LogP contribution in [0.4, 0.5) is 13.2 Å². The minimum Gasteiger partial charge on any atom is -0.470 e. The van der Waals surface area contributed by atoms with Crippen molar-refractivity contribution in [1.29, 1.82) is 5.41 Å². The van der Waals surface area contributed by atoms with Crippen molar-refractivity contribution in [2.75, 3.05) is 0 Å². The van der Waals surface area contributed by atoms with Gasteiger partial charge in [-0.15, -0.1) is 0 Å². The zero-order valence-electron chi connectivity index (χ0n) is 9.29. The van der Waals surface area contributed by atoms with Gasteiger partial charge in [0.1, 0.15) is 6.61 Å². The maximum absolute atomic E-state index is 12.1. The van der Waals surface area contributed by atoms with Crippen molar-refractivity contribution in [2.45, 2.75) is 12.8 Å². The first-order chi connectivity index (χ1) is 8.47. The molecule has 0 aliphatic rings. The summed E-state index contributed by atoms with van der Waals surface area (Å²) in [4.78, 5) is 0. The van der Waals surface area contributed by atoms with E-state index in [0.29, 0.717) is 5.56 Å². The van der Waals surface area contributed by atoms with Crippen LogP contribution in [0.2, 0.25) is 0 Å². The largest absolute Gasteiger partial charge is 0.470 e. The van der Waals surface area contributed by atoms with Crippen LogP contribution < -0.4 is 0 Å². The Balaban J connectivity index is 2.11. The minimum atomic E-state index is -4.73. The average molecular weight is 253 g/mol. The number of rotatable bonds is 2. The zero-order valence-corrected chi connectivity index (χ0v) is 9.29. The topological polar surface area (TPSA) is 33.1 Å². The number of halogens is 3. The maximum Gasteiger partial charge on any atom is 0.467 e. The van der Waals surface area contributed by atoms with Crippen molar-refractivity contribution in [3.8, 4) is 0 Å². The van der Waals surface area contributed by atoms with Crippen molar-refractivity contribution in [2.24, 2.45) is 0 Å². The minimum absolute atomic E-state index is 0.261. The summed E-state index contributed by atoms with van der Waals surface area (Å²) in [5.74, 6) is -1.67. The van der Waals surface area contributed by atoms with E-state index >= 15 is 0 Å². The van der Waals surface area contributed by atoms with E-state index in [2.05, 4.69) is 4.74 Å². The molecule has 0 bridgehead atoms. The molecule has 0 amide bonds. The van der Waals surface area contributed by atoms with E-state index < -0.39 is 12.1 Å². The lowest BCUT2D eigenvalue weighted by Gasteiger charge is -2.10. The van der Waals surface area contributed by atoms with Crippen LogP contribution in [0.5, 0.6) is 0 Å². The van der Waals surface area contributed by atoms with Gasteiger partial charge in [-0.2, -0.15) is 13.2 Å². The van der Waals surface area contributed by atoms with Crippen molar-refractivity contribution < 1.29 is 17.9 Å². The Kier molecular flexibility index (Phi) is 3.23. The molecule has 0 atom stereocenters. The van der Waals surface area contributed by atoms with Crippen molar-refractivity contribution in [3.05, 3.63) is 48.0 Å². The maximum atomic E-state index is 12.1. The quantitative estimate of drug-likeness (QED) is 0.639. The van der Waals surface area contributed by atoms with Gasteiger partial charge >= 0.3 is 6.18 Å². The fourth-order valence-electron chi connectivity index (χ4n) is 1.57. The van der Waals surface area contributed by atoms with Gasteiger partial charge in [0.2, 0.25) is 0 Å². The van der Waals surface area contributed by atoms with E-state index in [-0.39, 0.29) is 6.61 Å². The van der Waals surface area contributed by atoms with Crippen molar-refractivity contribution in [1.82, 2.24) is 0 Å². The highest BCUT2D eigenvalue weighted by Crippen LogP contribution is 2.19. The fraction of sp³-hybridized carbons (Fsp3) is 0.154. The van der Waals surface area contributed by atoms with Crippen LogP contribution in [-0.2, 0) is 11.3 Å². The number of benzene rings is 2.